The number of thiophene rings is 1. The normalized spacial score (nSPS) is 19.9. The lowest BCUT2D eigenvalue weighted by Crippen LogP contribution is -2.26. The first kappa shape index (κ1) is 19.7. The van der Waals surface area contributed by atoms with Crippen LogP contribution in [-0.4, -0.2) is 33.6 Å². The number of alkyl halides is 3. The van der Waals surface area contributed by atoms with Crippen LogP contribution < -0.4 is 10.1 Å². The molecule has 0 bridgehead atoms. The number of nitrogens with one attached hydrogen (secondary N) is 2. The summed E-state index contributed by atoms with van der Waals surface area (Å²) < 4.78 is 41.4. The van der Waals surface area contributed by atoms with Crippen LogP contribution in [0.2, 0.25) is 0 Å². The molecule has 0 aromatic carbocycles. The average molecular weight is 424 g/mol. The van der Waals surface area contributed by atoms with Gasteiger partial charge in [-0.2, -0.15) is 13.2 Å². The number of aromatic amines is 1. The number of pyridine rings is 1. The Morgan fingerprint density at radius 1 is 1.41 bits per heavy atom. The molecule has 3 atom stereocenters. The molecule has 3 heterocycles. The van der Waals surface area contributed by atoms with Gasteiger partial charge in [0.25, 0.3) is 0 Å². The number of H-pyrrole nitrogens is 1. The minimum Gasteiger partial charge on any atom is -0.475 e. The third-order valence-corrected chi connectivity index (χ3v) is 5.99. The minimum atomic E-state index is -4.37. The third kappa shape index (κ3) is 4.87. The fraction of sp³-hybridized carbons (Fsp3) is 0.421. The number of ether oxygens (including phenoxy) is 1. The van der Waals surface area contributed by atoms with Crippen molar-refractivity contribution in [1.82, 2.24) is 20.3 Å². The van der Waals surface area contributed by atoms with E-state index in [0.717, 1.165) is 39.5 Å². The van der Waals surface area contributed by atoms with Gasteiger partial charge < -0.3 is 15.0 Å². The van der Waals surface area contributed by atoms with Crippen LogP contribution in [0.4, 0.5) is 13.2 Å². The van der Waals surface area contributed by atoms with Gasteiger partial charge >= 0.3 is 6.18 Å². The van der Waals surface area contributed by atoms with E-state index in [0.29, 0.717) is 6.42 Å². The zero-order valence-corrected chi connectivity index (χ0v) is 16.3. The summed E-state index contributed by atoms with van der Waals surface area (Å²) in [4.78, 5) is 25.0. The van der Waals surface area contributed by atoms with Gasteiger partial charge in [-0.15, -0.1) is 11.3 Å². The summed E-state index contributed by atoms with van der Waals surface area (Å²) in [7, 11) is 0. The fourth-order valence-corrected chi connectivity index (χ4v) is 4.13. The molecule has 1 aliphatic carbocycles. The number of aromatic nitrogens is 3. The van der Waals surface area contributed by atoms with Gasteiger partial charge in [0.15, 0.2) is 11.7 Å². The van der Waals surface area contributed by atoms with E-state index in [4.69, 9.17) is 4.74 Å². The molecule has 0 radical (unpaired) electrons. The first-order valence-corrected chi connectivity index (χ1v) is 9.98. The molecule has 3 aromatic rings. The second-order valence-corrected chi connectivity index (χ2v) is 8.25. The summed E-state index contributed by atoms with van der Waals surface area (Å²) >= 11 is 1.10. The summed E-state index contributed by atoms with van der Waals surface area (Å²) in [6.07, 6.45) is 0.319. The third-order valence-electron chi connectivity index (χ3n) is 4.81. The Balaban J connectivity index is 1.27. The van der Waals surface area contributed by atoms with Gasteiger partial charge in [-0.05, 0) is 37.5 Å². The van der Waals surface area contributed by atoms with Crippen LogP contribution >= 0.6 is 11.3 Å². The van der Waals surface area contributed by atoms with Crippen LogP contribution in [0.3, 0.4) is 0 Å². The van der Waals surface area contributed by atoms with Crippen LogP contribution in [0.15, 0.2) is 30.6 Å². The Kier molecular flexibility index (Phi) is 5.20. The van der Waals surface area contributed by atoms with Gasteiger partial charge in [-0.25, -0.2) is 4.98 Å². The summed E-state index contributed by atoms with van der Waals surface area (Å²) in [5.74, 6) is 1.25. The van der Waals surface area contributed by atoms with Crippen LogP contribution in [0, 0.1) is 5.92 Å². The van der Waals surface area contributed by atoms with Crippen LogP contribution in [-0.2, 0) is 4.79 Å². The molecule has 1 fully saturated rings. The number of hydrogen-bond acceptors (Lipinski definition) is 5. The Morgan fingerprint density at radius 3 is 3.00 bits per heavy atom. The lowest BCUT2D eigenvalue weighted by molar-refractivity contribution is -0.152. The highest BCUT2D eigenvalue weighted by Crippen LogP contribution is 2.48. The predicted octanol–water partition coefficient (Wildman–Crippen LogP) is 4.33. The van der Waals surface area contributed by atoms with Crippen LogP contribution in [0.25, 0.3) is 11.0 Å². The molecule has 6 nitrogen and oxygen atoms in total. The van der Waals surface area contributed by atoms with Crippen LogP contribution in [0.1, 0.15) is 42.4 Å². The van der Waals surface area contributed by atoms with Crippen LogP contribution in [0.5, 0.6) is 5.06 Å². The van der Waals surface area contributed by atoms with Crippen molar-refractivity contribution in [2.75, 3.05) is 6.61 Å². The van der Waals surface area contributed by atoms with Gasteiger partial charge in [0.2, 0.25) is 5.91 Å². The first-order chi connectivity index (χ1) is 13.8. The Labute approximate surface area is 168 Å². The summed E-state index contributed by atoms with van der Waals surface area (Å²) in [5.41, 5.74) is 1.74. The van der Waals surface area contributed by atoms with E-state index in [1.165, 1.54) is 6.07 Å². The Morgan fingerprint density at radius 2 is 2.24 bits per heavy atom. The van der Waals surface area contributed by atoms with E-state index in [-0.39, 0.29) is 28.8 Å². The van der Waals surface area contributed by atoms with Crippen molar-refractivity contribution in [3.63, 3.8) is 0 Å². The van der Waals surface area contributed by atoms with E-state index in [1.807, 2.05) is 6.07 Å². The number of fused-ring (bicyclic) bond motifs is 1. The van der Waals surface area contributed by atoms with Crippen molar-refractivity contribution in [2.24, 2.45) is 5.92 Å². The zero-order chi connectivity index (χ0) is 20.6. The molecule has 154 valence electrons. The molecular weight excluding hydrogens is 405 g/mol. The predicted molar refractivity (Wildman–Crippen MR) is 102 cm³/mol. The van der Waals surface area contributed by atoms with Crippen molar-refractivity contribution in [3.05, 3.63) is 41.3 Å². The van der Waals surface area contributed by atoms with Gasteiger partial charge in [0, 0.05) is 23.4 Å². The largest absolute Gasteiger partial charge is 0.475 e. The molecule has 2 N–H and O–H groups in total. The van der Waals surface area contributed by atoms with Crippen molar-refractivity contribution in [3.8, 4) is 5.06 Å². The summed E-state index contributed by atoms with van der Waals surface area (Å²) in [5, 5.41) is 3.09. The minimum absolute atomic E-state index is 0.0889. The lowest BCUT2D eigenvalue weighted by Gasteiger charge is -2.12. The second-order valence-electron chi connectivity index (χ2n) is 7.17. The maximum Gasteiger partial charge on any atom is 0.422 e. The lowest BCUT2D eigenvalue weighted by atomic mass is 10.2. The molecule has 4 rings (SSSR count). The van der Waals surface area contributed by atoms with Crippen molar-refractivity contribution in [1.29, 1.82) is 0 Å². The second kappa shape index (κ2) is 7.66. The van der Waals surface area contributed by atoms with E-state index >= 15 is 0 Å². The van der Waals surface area contributed by atoms with Crippen molar-refractivity contribution < 1.29 is 22.7 Å². The molecule has 10 heteroatoms. The monoisotopic (exact) mass is 424 g/mol. The van der Waals surface area contributed by atoms with E-state index in [1.54, 1.807) is 25.4 Å². The summed E-state index contributed by atoms with van der Waals surface area (Å²) in [6, 6.07) is 4.70. The number of imidazole rings is 1. The van der Waals surface area contributed by atoms with Gasteiger partial charge in [-0.3, -0.25) is 9.78 Å². The Bertz CT molecular complexity index is 983. The van der Waals surface area contributed by atoms with Gasteiger partial charge in [0.1, 0.15) is 5.82 Å². The number of carbonyl (C=O) groups is 1. The SMILES string of the molecule is C[C@@H](NC(=O)C[C@H]1C[C@H]1c1nc2ccncc2[nH]1)c1ccc(OCC(F)(F)F)s1. The summed E-state index contributed by atoms with van der Waals surface area (Å²) in [6.45, 7) is 0.475. The topological polar surface area (TPSA) is 79.9 Å². The van der Waals surface area contributed by atoms with Gasteiger partial charge in [0.05, 0.1) is 23.3 Å². The maximum atomic E-state index is 12.4. The smallest absolute Gasteiger partial charge is 0.422 e. The standard InChI is InChI=1S/C19H19F3N4O2S/c1-10(15-2-3-17(29-15)28-9-19(20,21)22)24-16(27)7-11-6-12(11)18-25-13-4-5-23-8-14(13)26-18/h2-5,8,10-12H,6-7,9H2,1H3,(H,24,27)(H,25,26)/t10-,11-,12-/m1/s1. The first-order valence-electron chi connectivity index (χ1n) is 9.17. The maximum absolute atomic E-state index is 12.4. The molecule has 0 aliphatic heterocycles. The number of hydrogen-bond donors (Lipinski definition) is 2. The highest BCUT2D eigenvalue weighted by Gasteiger charge is 2.42. The molecule has 1 saturated carbocycles. The van der Waals surface area contributed by atoms with E-state index < -0.39 is 12.8 Å². The molecule has 29 heavy (non-hydrogen) atoms. The molecular formula is C19H19F3N4O2S. The quantitative estimate of drug-likeness (QED) is 0.592. The van der Waals surface area contributed by atoms with Crippen molar-refractivity contribution in [2.45, 2.75) is 37.9 Å². The number of halogens is 3. The molecule has 0 spiro atoms. The average Bonchev–Trinajstić information content (AvgIpc) is 3.08. The molecule has 1 amide bonds. The zero-order valence-electron chi connectivity index (χ0n) is 15.5. The number of nitrogens with zero attached hydrogens (tertiary/aromatic N) is 2. The van der Waals surface area contributed by atoms with Gasteiger partial charge in [-0.1, -0.05) is 0 Å². The highest BCUT2D eigenvalue weighted by molar-refractivity contribution is 7.13. The highest BCUT2D eigenvalue weighted by atomic mass is 32.1. The van der Waals surface area contributed by atoms with Crippen molar-refractivity contribution >= 4 is 28.3 Å². The molecule has 3 aromatic heterocycles. The van der Waals surface area contributed by atoms with E-state index in [2.05, 4.69) is 20.3 Å². The number of amides is 1. The molecule has 0 saturated heterocycles. The number of carbonyl (C=O) groups excluding carboxylic acids is 1. The van der Waals surface area contributed by atoms with E-state index in [9.17, 15) is 18.0 Å². The Hall–Kier alpha value is -2.62. The fourth-order valence-electron chi connectivity index (χ4n) is 3.27. The number of rotatable bonds is 7. The molecule has 0 unspecified atom stereocenters. The molecule has 1 aliphatic rings.